The smallest absolute Gasteiger partial charge is 0.296 e. The second-order valence-corrected chi connectivity index (χ2v) is 10.9. The lowest BCUT2D eigenvalue weighted by Crippen LogP contribution is -2.20. The molecule has 3 aromatic heterocycles. The molecule has 1 aliphatic rings. The predicted molar refractivity (Wildman–Crippen MR) is 122 cm³/mol. The van der Waals surface area contributed by atoms with Crippen LogP contribution in [0.1, 0.15) is 28.8 Å². The molecule has 1 N–H and O–H groups in total. The first-order chi connectivity index (χ1) is 15.8. The Morgan fingerprint density at radius 3 is 2.76 bits per heavy atom. The van der Waals surface area contributed by atoms with Crippen LogP contribution >= 0.6 is 11.3 Å². The number of hydrogen-bond donors (Lipinski definition) is 1. The van der Waals surface area contributed by atoms with Crippen molar-refractivity contribution in [2.75, 3.05) is 16.8 Å². The summed E-state index contributed by atoms with van der Waals surface area (Å²) in [6.45, 7) is 1.77. The number of aryl methyl sites for hydroxylation is 1. The van der Waals surface area contributed by atoms with E-state index in [0.29, 0.717) is 29.4 Å². The summed E-state index contributed by atoms with van der Waals surface area (Å²) in [5.74, 6) is -0.263. The van der Waals surface area contributed by atoms with Gasteiger partial charge in [0.15, 0.2) is 15.7 Å². The lowest BCUT2D eigenvalue weighted by atomic mass is 10.3. The topological polar surface area (TPSA) is 112 Å². The molecular formula is C21H19FN6O3S2. The minimum Gasteiger partial charge on any atom is -0.304 e. The molecule has 9 nitrogen and oxygen atoms in total. The van der Waals surface area contributed by atoms with Crippen molar-refractivity contribution in [3.8, 4) is 16.4 Å². The quantitative estimate of drug-likeness (QED) is 0.464. The first-order valence-corrected chi connectivity index (χ1v) is 12.8. The molecule has 4 heterocycles. The number of aromatic nitrogens is 5. The van der Waals surface area contributed by atoms with Crippen molar-refractivity contribution >= 4 is 32.9 Å². The van der Waals surface area contributed by atoms with E-state index in [1.165, 1.54) is 28.2 Å². The normalized spacial score (nSPS) is 17.3. The van der Waals surface area contributed by atoms with Gasteiger partial charge in [0.2, 0.25) is 5.82 Å². The van der Waals surface area contributed by atoms with Gasteiger partial charge in [-0.2, -0.15) is 5.10 Å². The van der Waals surface area contributed by atoms with Crippen LogP contribution in [0.4, 0.5) is 10.2 Å². The van der Waals surface area contributed by atoms with E-state index < -0.39 is 21.6 Å². The summed E-state index contributed by atoms with van der Waals surface area (Å²) in [4.78, 5) is 18.3. The number of halogens is 1. The molecule has 12 heteroatoms. The van der Waals surface area contributed by atoms with Crippen molar-refractivity contribution in [3.63, 3.8) is 0 Å². The summed E-state index contributed by atoms with van der Waals surface area (Å²) in [7, 11) is -3.12. The fourth-order valence-corrected chi connectivity index (χ4v) is 6.18. The monoisotopic (exact) mass is 486 g/mol. The van der Waals surface area contributed by atoms with Crippen molar-refractivity contribution in [3.05, 3.63) is 65.2 Å². The Kier molecular flexibility index (Phi) is 5.33. The molecule has 0 aliphatic carbocycles. The molecule has 4 aromatic rings. The minimum absolute atomic E-state index is 0.0219. The van der Waals surface area contributed by atoms with Gasteiger partial charge in [0.25, 0.3) is 5.91 Å². The zero-order valence-corrected chi connectivity index (χ0v) is 19.1. The molecule has 1 atom stereocenters. The number of hydrogen-bond acceptors (Lipinski definition) is 7. The summed E-state index contributed by atoms with van der Waals surface area (Å²) in [6.07, 6.45) is 0.432. The maximum Gasteiger partial charge on any atom is 0.296 e. The predicted octanol–water partition coefficient (Wildman–Crippen LogP) is 3.25. The Bertz CT molecular complexity index is 1440. The van der Waals surface area contributed by atoms with Gasteiger partial charge in [-0.3, -0.25) is 4.79 Å². The number of carbonyl (C=O) groups is 1. The highest BCUT2D eigenvalue weighted by atomic mass is 32.2. The summed E-state index contributed by atoms with van der Waals surface area (Å²) >= 11 is 1.42. The van der Waals surface area contributed by atoms with Crippen LogP contribution in [0.2, 0.25) is 0 Å². The highest BCUT2D eigenvalue weighted by Crippen LogP contribution is 2.28. The Labute approximate surface area is 192 Å². The van der Waals surface area contributed by atoms with E-state index >= 15 is 0 Å². The van der Waals surface area contributed by atoms with Crippen molar-refractivity contribution in [2.24, 2.45) is 0 Å². The fourth-order valence-electron chi connectivity index (χ4n) is 3.79. The Balaban J connectivity index is 1.49. The molecule has 1 aliphatic heterocycles. The average Bonchev–Trinajstić information content (AvgIpc) is 3.53. The van der Waals surface area contributed by atoms with Crippen LogP contribution in [-0.4, -0.2) is 50.4 Å². The zero-order valence-electron chi connectivity index (χ0n) is 17.5. The summed E-state index contributed by atoms with van der Waals surface area (Å²) in [6, 6.07) is 10.9. The van der Waals surface area contributed by atoms with E-state index in [0.717, 1.165) is 4.88 Å². The Hall–Kier alpha value is -3.38. The maximum atomic E-state index is 13.8. The number of benzene rings is 1. The number of nitrogens with one attached hydrogen (secondary N) is 1. The molecule has 1 amide bonds. The lowest BCUT2D eigenvalue weighted by Gasteiger charge is -2.13. The maximum absolute atomic E-state index is 13.8. The van der Waals surface area contributed by atoms with E-state index in [4.69, 9.17) is 0 Å². The lowest BCUT2D eigenvalue weighted by molar-refractivity contribution is 0.101. The number of thiophene rings is 1. The molecular weight excluding hydrogens is 467 g/mol. The van der Waals surface area contributed by atoms with Gasteiger partial charge in [-0.25, -0.2) is 27.2 Å². The number of amides is 1. The van der Waals surface area contributed by atoms with E-state index in [2.05, 4.69) is 20.5 Å². The summed E-state index contributed by atoms with van der Waals surface area (Å²) in [5.41, 5.74) is 1.08. The van der Waals surface area contributed by atoms with Crippen molar-refractivity contribution < 1.29 is 17.6 Å². The second-order valence-electron chi connectivity index (χ2n) is 7.75. The molecule has 1 saturated heterocycles. The SMILES string of the molecule is Cc1cc(NC(=O)c2nc(-c3cccs3)n(-c3cccc(F)c3)n2)n(C2CCS(=O)(=O)C2)n1. The molecule has 1 fully saturated rings. The van der Waals surface area contributed by atoms with E-state index in [9.17, 15) is 17.6 Å². The van der Waals surface area contributed by atoms with Crippen LogP contribution in [0.5, 0.6) is 0 Å². The third-order valence-electron chi connectivity index (χ3n) is 5.26. The molecule has 1 aromatic carbocycles. The molecule has 170 valence electrons. The molecule has 0 bridgehead atoms. The molecule has 1 unspecified atom stereocenters. The van der Waals surface area contributed by atoms with Gasteiger partial charge in [0, 0.05) is 6.07 Å². The third-order valence-corrected chi connectivity index (χ3v) is 7.87. The van der Waals surface area contributed by atoms with Gasteiger partial charge in [0.1, 0.15) is 11.6 Å². The van der Waals surface area contributed by atoms with Crippen LogP contribution in [0.3, 0.4) is 0 Å². The van der Waals surface area contributed by atoms with Crippen molar-refractivity contribution in [2.45, 2.75) is 19.4 Å². The van der Waals surface area contributed by atoms with Crippen LogP contribution in [0.25, 0.3) is 16.4 Å². The van der Waals surface area contributed by atoms with Gasteiger partial charge in [-0.05, 0) is 43.0 Å². The third kappa shape index (κ3) is 4.31. The van der Waals surface area contributed by atoms with Gasteiger partial charge in [0.05, 0.1) is 33.8 Å². The van der Waals surface area contributed by atoms with E-state index in [-0.39, 0.29) is 23.4 Å². The van der Waals surface area contributed by atoms with Gasteiger partial charge in [-0.15, -0.1) is 16.4 Å². The van der Waals surface area contributed by atoms with E-state index in [1.54, 1.807) is 29.8 Å². The molecule has 33 heavy (non-hydrogen) atoms. The van der Waals surface area contributed by atoms with Crippen LogP contribution in [0.15, 0.2) is 47.8 Å². The molecule has 0 saturated carbocycles. The fraction of sp³-hybridized carbons (Fsp3) is 0.238. The standard InChI is InChI=1S/C21H19FN6O3S2/c1-13-10-18(27(25-13)16-7-9-33(30,31)12-16)23-21(29)19-24-20(17-6-3-8-32-17)28(26-19)15-5-2-4-14(22)11-15/h2-6,8,10-11,16H,7,9,12H2,1H3,(H,23,29). The minimum atomic E-state index is -3.12. The number of rotatable bonds is 5. The first-order valence-electron chi connectivity index (χ1n) is 10.1. The second kappa shape index (κ2) is 8.19. The van der Waals surface area contributed by atoms with Crippen LogP contribution in [-0.2, 0) is 9.84 Å². The molecule has 5 rings (SSSR count). The number of anilines is 1. The number of carbonyl (C=O) groups excluding carboxylic acids is 1. The highest BCUT2D eigenvalue weighted by molar-refractivity contribution is 7.91. The molecule has 0 radical (unpaired) electrons. The van der Waals surface area contributed by atoms with Gasteiger partial charge < -0.3 is 5.32 Å². The average molecular weight is 487 g/mol. The summed E-state index contributed by atoms with van der Waals surface area (Å²) in [5, 5.41) is 13.3. The van der Waals surface area contributed by atoms with Gasteiger partial charge >= 0.3 is 0 Å². The Morgan fingerprint density at radius 1 is 1.21 bits per heavy atom. The Morgan fingerprint density at radius 2 is 2.06 bits per heavy atom. The largest absolute Gasteiger partial charge is 0.304 e. The zero-order chi connectivity index (χ0) is 23.2. The van der Waals surface area contributed by atoms with Gasteiger partial charge in [-0.1, -0.05) is 12.1 Å². The van der Waals surface area contributed by atoms with Crippen molar-refractivity contribution in [1.82, 2.24) is 24.5 Å². The highest BCUT2D eigenvalue weighted by Gasteiger charge is 2.32. The van der Waals surface area contributed by atoms with Crippen molar-refractivity contribution in [1.29, 1.82) is 0 Å². The van der Waals surface area contributed by atoms with Crippen LogP contribution < -0.4 is 5.32 Å². The molecule has 0 spiro atoms. The van der Waals surface area contributed by atoms with E-state index in [1.807, 2.05) is 17.5 Å². The number of sulfone groups is 1. The van der Waals surface area contributed by atoms with Crippen LogP contribution in [0, 0.1) is 12.7 Å². The first kappa shape index (κ1) is 21.5. The number of nitrogens with zero attached hydrogens (tertiary/aromatic N) is 5. The summed E-state index contributed by atoms with van der Waals surface area (Å²) < 4.78 is 40.6.